The molecular formula is C14H24O6. The summed E-state index contributed by atoms with van der Waals surface area (Å²) >= 11 is 0. The zero-order valence-corrected chi connectivity index (χ0v) is 12.9. The molecule has 1 unspecified atom stereocenters. The van der Waals surface area contributed by atoms with Gasteiger partial charge >= 0.3 is 11.9 Å². The zero-order valence-electron chi connectivity index (χ0n) is 12.9. The molecule has 0 aromatic carbocycles. The molecule has 0 N–H and O–H groups in total. The van der Waals surface area contributed by atoms with Crippen molar-refractivity contribution in [3.63, 3.8) is 0 Å². The third-order valence-electron chi connectivity index (χ3n) is 2.33. The molecule has 0 saturated heterocycles. The van der Waals surface area contributed by atoms with E-state index in [1.807, 2.05) is 0 Å². The second-order valence-electron chi connectivity index (χ2n) is 5.59. The maximum atomic E-state index is 11.9. The Hall–Kier alpha value is -1.43. The van der Waals surface area contributed by atoms with Crippen LogP contribution in [0.3, 0.4) is 0 Å². The van der Waals surface area contributed by atoms with E-state index in [0.717, 1.165) is 0 Å². The molecule has 0 aliphatic rings. The van der Waals surface area contributed by atoms with Gasteiger partial charge in [0.1, 0.15) is 17.3 Å². The lowest BCUT2D eigenvalue weighted by atomic mass is 9.98. The molecule has 0 fully saturated rings. The molecule has 0 aromatic rings. The smallest absolute Gasteiger partial charge is 0.339 e. The molecule has 0 aromatic heterocycles. The molecule has 20 heavy (non-hydrogen) atoms. The average Bonchev–Trinajstić information content (AvgIpc) is 2.24. The fraction of sp³-hybridized carbons (Fsp3) is 0.786. The van der Waals surface area contributed by atoms with Crippen LogP contribution in [0.5, 0.6) is 0 Å². The van der Waals surface area contributed by atoms with Gasteiger partial charge in [-0.2, -0.15) is 4.89 Å². The highest BCUT2D eigenvalue weighted by Gasteiger charge is 2.28. The van der Waals surface area contributed by atoms with Crippen LogP contribution < -0.4 is 0 Å². The third kappa shape index (κ3) is 9.49. The number of hydrogen-bond acceptors (Lipinski definition) is 6. The molecule has 0 saturated carbocycles. The van der Waals surface area contributed by atoms with E-state index >= 15 is 0 Å². The van der Waals surface area contributed by atoms with Crippen molar-refractivity contribution in [3.05, 3.63) is 0 Å². The lowest BCUT2D eigenvalue weighted by Crippen LogP contribution is -2.32. The molecule has 6 nitrogen and oxygen atoms in total. The summed E-state index contributed by atoms with van der Waals surface area (Å²) in [6.07, 6.45) is 1.58. The first kappa shape index (κ1) is 18.6. The highest BCUT2D eigenvalue weighted by atomic mass is 17.2. The van der Waals surface area contributed by atoms with Crippen LogP contribution in [0.25, 0.3) is 0 Å². The SMILES string of the molecule is CC(=O)OOCCCCC(C(C)=O)C(=O)OC(C)(C)C. The van der Waals surface area contributed by atoms with E-state index in [1.54, 1.807) is 20.8 Å². The van der Waals surface area contributed by atoms with Crippen molar-refractivity contribution in [1.82, 2.24) is 0 Å². The molecular weight excluding hydrogens is 264 g/mol. The molecule has 0 heterocycles. The number of unbranched alkanes of at least 4 members (excludes halogenated alkanes) is 1. The Bertz CT molecular complexity index is 342. The van der Waals surface area contributed by atoms with E-state index < -0.39 is 23.5 Å². The molecule has 6 heteroatoms. The van der Waals surface area contributed by atoms with E-state index in [0.29, 0.717) is 19.3 Å². The van der Waals surface area contributed by atoms with Crippen molar-refractivity contribution < 1.29 is 28.9 Å². The molecule has 0 aliphatic carbocycles. The molecule has 0 spiro atoms. The molecule has 0 rings (SSSR count). The molecule has 0 aliphatic heterocycles. The van der Waals surface area contributed by atoms with Gasteiger partial charge in [0.2, 0.25) is 0 Å². The average molecular weight is 288 g/mol. The third-order valence-corrected chi connectivity index (χ3v) is 2.33. The Morgan fingerprint density at radius 1 is 1.05 bits per heavy atom. The predicted octanol–water partition coefficient (Wildman–Crippen LogP) is 2.20. The second kappa shape index (κ2) is 8.68. The fourth-order valence-electron chi connectivity index (χ4n) is 1.49. The van der Waals surface area contributed by atoms with Crippen LogP contribution in [0.4, 0.5) is 0 Å². The Morgan fingerprint density at radius 3 is 2.10 bits per heavy atom. The summed E-state index contributed by atoms with van der Waals surface area (Å²) in [5.74, 6) is -1.96. The molecule has 0 amide bonds. The lowest BCUT2D eigenvalue weighted by Gasteiger charge is -2.22. The molecule has 1 atom stereocenters. The van der Waals surface area contributed by atoms with E-state index in [9.17, 15) is 14.4 Å². The van der Waals surface area contributed by atoms with Gasteiger partial charge in [0, 0.05) is 6.92 Å². The largest absolute Gasteiger partial charge is 0.459 e. The monoisotopic (exact) mass is 288 g/mol. The topological polar surface area (TPSA) is 78.9 Å². The molecule has 0 radical (unpaired) electrons. The number of rotatable bonds is 8. The predicted molar refractivity (Wildman–Crippen MR) is 71.6 cm³/mol. The summed E-state index contributed by atoms with van der Waals surface area (Å²) < 4.78 is 5.21. The number of ketones is 1. The van der Waals surface area contributed by atoms with Crippen molar-refractivity contribution in [2.75, 3.05) is 6.61 Å². The number of carbonyl (C=O) groups is 3. The van der Waals surface area contributed by atoms with Crippen LogP contribution in [0, 0.1) is 5.92 Å². The van der Waals surface area contributed by atoms with Crippen molar-refractivity contribution in [3.8, 4) is 0 Å². The summed E-state index contributed by atoms with van der Waals surface area (Å²) in [4.78, 5) is 42.7. The number of hydrogen-bond donors (Lipinski definition) is 0. The fourth-order valence-corrected chi connectivity index (χ4v) is 1.49. The summed E-state index contributed by atoms with van der Waals surface area (Å²) in [5, 5.41) is 0. The zero-order chi connectivity index (χ0) is 15.8. The van der Waals surface area contributed by atoms with Crippen molar-refractivity contribution in [2.24, 2.45) is 5.92 Å². The van der Waals surface area contributed by atoms with Gasteiger partial charge in [0.05, 0.1) is 6.61 Å². The van der Waals surface area contributed by atoms with Crippen molar-refractivity contribution >= 4 is 17.7 Å². The summed E-state index contributed by atoms with van der Waals surface area (Å²) in [6, 6.07) is 0. The lowest BCUT2D eigenvalue weighted by molar-refractivity contribution is -0.270. The second-order valence-corrected chi connectivity index (χ2v) is 5.59. The highest BCUT2D eigenvalue weighted by Crippen LogP contribution is 2.17. The first-order chi connectivity index (χ1) is 9.13. The Labute approximate surface area is 119 Å². The summed E-state index contributed by atoms with van der Waals surface area (Å²) in [6.45, 7) is 8.13. The van der Waals surface area contributed by atoms with Gasteiger partial charge in [-0.15, -0.1) is 0 Å². The van der Waals surface area contributed by atoms with Gasteiger partial charge in [-0.1, -0.05) is 0 Å². The van der Waals surface area contributed by atoms with E-state index in [2.05, 4.69) is 9.78 Å². The Balaban J connectivity index is 4.07. The van der Waals surface area contributed by atoms with Crippen LogP contribution >= 0.6 is 0 Å². The Kier molecular flexibility index (Phi) is 8.06. The van der Waals surface area contributed by atoms with E-state index in [-0.39, 0.29) is 12.4 Å². The quantitative estimate of drug-likeness (QED) is 0.224. The van der Waals surface area contributed by atoms with E-state index in [1.165, 1.54) is 13.8 Å². The number of esters is 1. The highest BCUT2D eigenvalue weighted by molar-refractivity contribution is 5.97. The van der Waals surface area contributed by atoms with Crippen LogP contribution in [0.15, 0.2) is 0 Å². The van der Waals surface area contributed by atoms with Gasteiger partial charge in [-0.3, -0.25) is 14.5 Å². The number of carbonyl (C=O) groups excluding carboxylic acids is 3. The van der Waals surface area contributed by atoms with Crippen LogP contribution in [0.1, 0.15) is 53.9 Å². The summed E-state index contributed by atoms with van der Waals surface area (Å²) in [7, 11) is 0. The minimum Gasteiger partial charge on any atom is -0.459 e. The van der Waals surface area contributed by atoms with Gasteiger partial charge in [0.25, 0.3) is 0 Å². The minimum absolute atomic E-state index is 0.208. The Morgan fingerprint density at radius 2 is 1.65 bits per heavy atom. The standard InChI is InChI=1S/C14H24O6/c1-10(15)12(13(17)19-14(3,4)5)8-6-7-9-18-20-11(2)16/h12H,6-9H2,1-5H3. The molecule has 116 valence electrons. The first-order valence-electron chi connectivity index (χ1n) is 6.67. The minimum atomic E-state index is -0.747. The van der Waals surface area contributed by atoms with Gasteiger partial charge in [-0.25, -0.2) is 4.79 Å². The molecule has 0 bridgehead atoms. The van der Waals surface area contributed by atoms with Crippen molar-refractivity contribution in [2.45, 2.75) is 59.5 Å². The summed E-state index contributed by atoms with van der Waals surface area (Å²) in [5.41, 5.74) is -0.608. The van der Waals surface area contributed by atoms with Gasteiger partial charge in [0.15, 0.2) is 0 Å². The van der Waals surface area contributed by atoms with Gasteiger partial charge in [-0.05, 0) is 47.0 Å². The maximum absolute atomic E-state index is 11.9. The normalized spacial score (nSPS) is 12.7. The number of ether oxygens (including phenoxy) is 1. The van der Waals surface area contributed by atoms with Gasteiger partial charge < -0.3 is 4.74 Å². The first-order valence-corrected chi connectivity index (χ1v) is 6.67. The maximum Gasteiger partial charge on any atom is 0.339 e. The van der Waals surface area contributed by atoms with E-state index in [4.69, 9.17) is 4.74 Å². The van der Waals surface area contributed by atoms with Crippen LogP contribution in [-0.4, -0.2) is 29.9 Å². The van der Waals surface area contributed by atoms with Crippen LogP contribution in [-0.2, 0) is 28.9 Å². The number of Topliss-reactive ketones (excluding diaryl/α,β-unsaturated/α-hetero) is 1. The van der Waals surface area contributed by atoms with Crippen molar-refractivity contribution in [1.29, 1.82) is 0 Å². The van der Waals surface area contributed by atoms with Crippen LogP contribution in [0.2, 0.25) is 0 Å².